The normalized spacial score (nSPS) is 10.2. The van der Waals surface area contributed by atoms with Gasteiger partial charge < -0.3 is 19.4 Å². The fourth-order valence-electron chi connectivity index (χ4n) is 1.77. The number of nitrogens with one attached hydrogen (secondary N) is 1. The van der Waals surface area contributed by atoms with Crippen LogP contribution >= 0.6 is 0 Å². The summed E-state index contributed by atoms with van der Waals surface area (Å²) in [7, 11) is 5.32. The number of benzene rings is 1. The molecule has 0 aliphatic carbocycles. The second-order valence-corrected chi connectivity index (χ2v) is 4.56. The maximum atomic E-state index is 11.3. The number of nitrogens with zero attached hydrogens (tertiary/aromatic N) is 1. The average Bonchev–Trinajstić information content (AvgIpc) is 2.93. The fraction of sp³-hybridized carbons (Fsp3) is 0.267. The van der Waals surface area contributed by atoms with Gasteiger partial charge in [0.1, 0.15) is 5.76 Å². The van der Waals surface area contributed by atoms with E-state index in [2.05, 4.69) is 10.1 Å². The van der Waals surface area contributed by atoms with E-state index in [1.54, 1.807) is 12.1 Å². The molecule has 0 amide bonds. The molecule has 2 aromatic rings. The van der Waals surface area contributed by atoms with Gasteiger partial charge in [-0.15, -0.1) is 0 Å². The van der Waals surface area contributed by atoms with Gasteiger partial charge in [0.25, 0.3) is 0 Å². The number of ether oxygens (including phenoxy) is 1. The number of methoxy groups -OCH3 is 1. The summed E-state index contributed by atoms with van der Waals surface area (Å²) in [6.07, 6.45) is 0. The number of carbonyl (C=O) groups is 1. The molecule has 0 saturated carbocycles. The first kappa shape index (κ1) is 14.0. The molecule has 0 atom stereocenters. The summed E-state index contributed by atoms with van der Waals surface area (Å²) in [6, 6.07) is 11.4. The fourth-order valence-corrected chi connectivity index (χ4v) is 1.77. The minimum Gasteiger partial charge on any atom is -0.463 e. The van der Waals surface area contributed by atoms with Crippen LogP contribution in [-0.2, 0) is 11.3 Å². The smallest absolute Gasteiger partial charge is 0.373 e. The lowest BCUT2D eigenvalue weighted by atomic mass is 10.2. The summed E-state index contributed by atoms with van der Waals surface area (Å²) in [5, 5.41) is 3.25. The van der Waals surface area contributed by atoms with Crippen molar-refractivity contribution in [1.29, 1.82) is 0 Å². The summed E-state index contributed by atoms with van der Waals surface area (Å²) in [5.74, 6) is 0.429. The zero-order valence-corrected chi connectivity index (χ0v) is 11.8. The van der Waals surface area contributed by atoms with Gasteiger partial charge in [-0.3, -0.25) is 0 Å². The third kappa shape index (κ3) is 3.32. The monoisotopic (exact) mass is 274 g/mol. The number of rotatable bonds is 5. The minimum absolute atomic E-state index is 0.214. The Morgan fingerprint density at radius 1 is 1.30 bits per heavy atom. The largest absolute Gasteiger partial charge is 0.463 e. The van der Waals surface area contributed by atoms with Gasteiger partial charge in [0.2, 0.25) is 5.76 Å². The van der Waals surface area contributed by atoms with Crippen LogP contribution in [0.2, 0.25) is 0 Å². The molecular weight excluding hydrogens is 256 g/mol. The lowest BCUT2D eigenvalue weighted by Gasteiger charge is -2.14. The number of hydrogen-bond acceptors (Lipinski definition) is 5. The SMILES string of the molecule is COC(=O)c1ccc(CNc2cccc(N(C)C)c2)o1. The standard InChI is InChI=1S/C15H18N2O3/c1-17(2)12-6-4-5-11(9-12)16-10-13-7-8-14(20-13)15(18)19-3/h4-9,16H,10H2,1-3H3. The maximum absolute atomic E-state index is 11.3. The van der Waals surface area contributed by atoms with Crippen molar-refractivity contribution in [2.24, 2.45) is 0 Å². The number of hydrogen-bond donors (Lipinski definition) is 1. The first-order chi connectivity index (χ1) is 9.60. The molecule has 5 nitrogen and oxygen atoms in total. The molecule has 0 spiro atoms. The summed E-state index contributed by atoms with van der Waals surface area (Å²) >= 11 is 0. The van der Waals surface area contributed by atoms with E-state index in [-0.39, 0.29) is 5.76 Å². The van der Waals surface area contributed by atoms with Gasteiger partial charge in [-0.2, -0.15) is 0 Å². The van der Waals surface area contributed by atoms with Crippen LogP contribution in [0.25, 0.3) is 0 Å². The van der Waals surface area contributed by atoms with Crippen LogP contribution in [0.4, 0.5) is 11.4 Å². The first-order valence-corrected chi connectivity index (χ1v) is 6.28. The summed E-state index contributed by atoms with van der Waals surface area (Å²) in [6.45, 7) is 0.508. The molecule has 0 bridgehead atoms. The first-order valence-electron chi connectivity index (χ1n) is 6.28. The highest BCUT2D eigenvalue weighted by atomic mass is 16.5. The van der Waals surface area contributed by atoms with E-state index in [4.69, 9.17) is 4.42 Å². The third-order valence-corrected chi connectivity index (χ3v) is 2.88. The summed E-state index contributed by atoms with van der Waals surface area (Å²) < 4.78 is 9.98. The molecule has 0 saturated heterocycles. The molecule has 1 N–H and O–H groups in total. The van der Waals surface area contributed by atoms with Gasteiger partial charge in [-0.05, 0) is 30.3 Å². The second-order valence-electron chi connectivity index (χ2n) is 4.56. The highest BCUT2D eigenvalue weighted by Gasteiger charge is 2.10. The van der Waals surface area contributed by atoms with E-state index in [0.29, 0.717) is 12.3 Å². The van der Waals surface area contributed by atoms with Crippen LogP contribution < -0.4 is 10.2 Å². The van der Waals surface area contributed by atoms with Gasteiger partial charge in [0.05, 0.1) is 13.7 Å². The predicted octanol–water partition coefficient (Wildman–Crippen LogP) is 2.74. The molecule has 0 unspecified atom stereocenters. The van der Waals surface area contributed by atoms with Gasteiger partial charge in [0.15, 0.2) is 0 Å². The van der Waals surface area contributed by atoms with Crippen molar-refractivity contribution in [2.75, 3.05) is 31.4 Å². The van der Waals surface area contributed by atoms with Crippen LogP contribution in [0.5, 0.6) is 0 Å². The van der Waals surface area contributed by atoms with Crippen molar-refractivity contribution >= 4 is 17.3 Å². The van der Waals surface area contributed by atoms with Crippen molar-refractivity contribution in [3.63, 3.8) is 0 Å². The number of furan rings is 1. The third-order valence-electron chi connectivity index (χ3n) is 2.88. The topological polar surface area (TPSA) is 54.7 Å². The summed E-state index contributed by atoms with van der Waals surface area (Å²) in [5.41, 5.74) is 2.11. The molecule has 2 rings (SSSR count). The molecule has 20 heavy (non-hydrogen) atoms. The zero-order valence-electron chi connectivity index (χ0n) is 11.8. The van der Waals surface area contributed by atoms with Crippen molar-refractivity contribution in [2.45, 2.75) is 6.54 Å². The van der Waals surface area contributed by atoms with Gasteiger partial charge >= 0.3 is 5.97 Å². The predicted molar refractivity (Wildman–Crippen MR) is 78.1 cm³/mol. The van der Waals surface area contributed by atoms with E-state index in [9.17, 15) is 4.79 Å². The van der Waals surface area contributed by atoms with Gasteiger partial charge in [-0.25, -0.2) is 4.79 Å². The highest BCUT2D eigenvalue weighted by molar-refractivity contribution is 5.86. The maximum Gasteiger partial charge on any atom is 0.373 e. The molecule has 1 aromatic carbocycles. The van der Waals surface area contributed by atoms with Gasteiger partial charge in [0, 0.05) is 25.5 Å². The van der Waals surface area contributed by atoms with E-state index in [1.165, 1.54) is 7.11 Å². The minimum atomic E-state index is -0.467. The molecule has 1 heterocycles. The van der Waals surface area contributed by atoms with Crippen LogP contribution in [0.1, 0.15) is 16.3 Å². The Morgan fingerprint density at radius 2 is 2.10 bits per heavy atom. The lowest BCUT2D eigenvalue weighted by Crippen LogP contribution is -2.09. The van der Waals surface area contributed by atoms with E-state index >= 15 is 0 Å². The van der Waals surface area contributed by atoms with Crippen LogP contribution in [0.15, 0.2) is 40.8 Å². The Balaban J connectivity index is 2.00. The van der Waals surface area contributed by atoms with Crippen molar-refractivity contribution < 1.29 is 13.9 Å². The van der Waals surface area contributed by atoms with Crippen LogP contribution in [0.3, 0.4) is 0 Å². The van der Waals surface area contributed by atoms with E-state index in [1.807, 2.05) is 43.3 Å². The molecular formula is C15H18N2O3. The molecule has 0 aliphatic rings. The average molecular weight is 274 g/mol. The number of carbonyl (C=O) groups excluding carboxylic acids is 1. The Kier molecular flexibility index (Phi) is 4.30. The molecule has 0 fully saturated rings. The highest BCUT2D eigenvalue weighted by Crippen LogP contribution is 2.18. The van der Waals surface area contributed by atoms with Crippen molar-refractivity contribution in [3.05, 3.63) is 47.9 Å². The van der Waals surface area contributed by atoms with Crippen molar-refractivity contribution in [1.82, 2.24) is 0 Å². The Bertz CT molecular complexity index is 590. The van der Waals surface area contributed by atoms with Crippen molar-refractivity contribution in [3.8, 4) is 0 Å². The molecule has 106 valence electrons. The number of anilines is 2. The quantitative estimate of drug-likeness (QED) is 0.850. The molecule has 1 aromatic heterocycles. The lowest BCUT2D eigenvalue weighted by molar-refractivity contribution is 0.0563. The van der Waals surface area contributed by atoms with Gasteiger partial charge in [-0.1, -0.05) is 6.07 Å². The Morgan fingerprint density at radius 3 is 2.80 bits per heavy atom. The van der Waals surface area contributed by atoms with Crippen LogP contribution in [-0.4, -0.2) is 27.2 Å². The molecule has 5 heteroatoms. The number of esters is 1. The van der Waals surface area contributed by atoms with E-state index in [0.717, 1.165) is 11.4 Å². The molecule has 0 aliphatic heterocycles. The zero-order chi connectivity index (χ0) is 14.5. The second kappa shape index (κ2) is 6.14. The molecule has 0 radical (unpaired) electrons. The van der Waals surface area contributed by atoms with E-state index < -0.39 is 5.97 Å². The Hall–Kier alpha value is -2.43. The van der Waals surface area contributed by atoms with Crippen LogP contribution in [0, 0.1) is 0 Å². The Labute approximate surface area is 118 Å². The summed E-state index contributed by atoms with van der Waals surface area (Å²) in [4.78, 5) is 13.3.